The van der Waals surface area contributed by atoms with Crippen molar-refractivity contribution in [3.05, 3.63) is 70.8 Å². The van der Waals surface area contributed by atoms with Crippen molar-refractivity contribution in [2.24, 2.45) is 0 Å². The molecule has 0 amide bonds. The first-order chi connectivity index (χ1) is 13.0. The van der Waals surface area contributed by atoms with E-state index in [4.69, 9.17) is 4.74 Å². The summed E-state index contributed by atoms with van der Waals surface area (Å²) >= 11 is 0. The van der Waals surface area contributed by atoms with Gasteiger partial charge in [-0.05, 0) is 57.3 Å². The van der Waals surface area contributed by atoms with E-state index in [9.17, 15) is 9.90 Å². The van der Waals surface area contributed by atoms with Crippen LogP contribution in [0.1, 0.15) is 41.5 Å². The fraction of sp³-hybridized carbons (Fsp3) is 0.435. The molecule has 1 unspecified atom stereocenters. The fourth-order valence-electron chi connectivity index (χ4n) is 3.75. The number of nitrogens with zero attached hydrogens (tertiary/aromatic N) is 1. The molecule has 0 aliphatic carbocycles. The number of hydrogen-bond acceptors (Lipinski definition) is 4. The van der Waals surface area contributed by atoms with Gasteiger partial charge >= 0.3 is 5.97 Å². The van der Waals surface area contributed by atoms with Crippen molar-refractivity contribution in [1.29, 1.82) is 0 Å². The number of hydrogen-bond donors (Lipinski definition) is 1. The maximum Gasteiger partial charge on any atom is 0.347 e. The van der Waals surface area contributed by atoms with Crippen molar-refractivity contribution in [1.82, 2.24) is 4.90 Å². The van der Waals surface area contributed by atoms with Crippen LogP contribution in [0.15, 0.2) is 48.5 Å². The number of aliphatic hydroxyl groups is 1. The number of carbonyl (C=O) groups excluding carboxylic acids is 1. The average molecular weight is 367 g/mol. The highest BCUT2D eigenvalue weighted by Gasteiger charge is 2.42. The van der Waals surface area contributed by atoms with Crippen molar-refractivity contribution in [2.45, 2.75) is 38.7 Å². The predicted octanol–water partition coefficient (Wildman–Crippen LogP) is 3.57. The Morgan fingerprint density at radius 2 is 1.81 bits per heavy atom. The molecule has 27 heavy (non-hydrogen) atoms. The Balaban J connectivity index is 1.79. The summed E-state index contributed by atoms with van der Waals surface area (Å²) in [5, 5.41) is 11.6. The van der Waals surface area contributed by atoms with E-state index in [0.717, 1.165) is 37.2 Å². The maximum atomic E-state index is 13.0. The summed E-state index contributed by atoms with van der Waals surface area (Å²) < 4.78 is 5.56. The first-order valence-electron chi connectivity index (χ1n) is 9.77. The molecule has 0 spiro atoms. The van der Waals surface area contributed by atoms with Gasteiger partial charge in [-0.2, -0.15) is 0 Å². The lowest BCUT2D eigenvalue weighted by Crippen LogP contribution is -2.39. The standard InChI is InChI=1S/C23H29NO3/c1-18-11-12-19(2)21(17-18)23(26,20-9-4-3-5-10-20)22(25)27-16-8-15-24-13-6-7-14-24/h3-5,9-12,17,26H,6-8,13-16H2,1-2H3. The molecule has 2 aromatic rings. The third-order valence-corrected chi connectivity index (χ3v) is 5.32. The minimum atomic E-state index is -1.80. The highest BCUT2D eigenvalue weighted by atomic mass is 16.5. The lowest BCUT2D eigenvalue weighted by atomic mass is 9.83. The van der Waals surface area contributed by atoms with Gasteiger partial charge in [0.15, 0.2) is 0 Å². The zero-order valence-electron chi connectivity index (χ0n) is 16.3. The van der Waals surface area contributed by atoms with Crippen LogP contribution in [-0.4, -0.2) is 42.2 Å². The van der Waals surface area contributed by atoms with Crippen molar-refractivity contribution < 1.29 is 14.6 Å². The van der Waals surface area contributed by atoms with Crippen LogP contribution in [0.25, 0.3) is 0 Å². The minimum absolute atomic E-state index is 0.315. The highest BCUT2D eigenvalue weighted by Crippen LogP contribution is 2.34. The van der Waals surface area contributed by atoms with Crippen LogP contribution in [0.3, 0.4) is 0 Å². The molecule has 1 saturated heterocycles. The molecule has 0 radical (unpaired) electrons. The van der Waals surface area contributed by atoms with Gasteiger partial charge in [0, 0.05) is 12.1 Å². The van der Waals surface area contributed by atoms with E-state index in [0.29, 0.717) is 17.7 Å². The van der Waals surface area contributed by atoms with E-state index in [2.05, 4.69) is 4.90 Å². The van der Waals surface area contributed by atoms with Gasteiger partial charge in [0.2, 0.25) is 5.60 Å². The van der Waals surface area contributed by atoms with Crippen LogP contribution >= 0.6 is 0 Å². The Morgan fingerprint density at radius 3 is 2.52 bits per heavy atom. The summed E-state index contributed by atoms with van der Waals surface area (Å²) in [5.41, 5.74) is 1.17. The summed E-state index contributed by atoms with van der Waals surface area (Å²) in [6.07, 6.45) is 3.28. The number of aryl methyl sites for hydroxylation is 2. The van der Waals surface area contributed by atoms with Crippen molar-refractivity contribution in [3.63, 3.8) is 0 Å². The molecule has 1 N–H and O–H groups in total. The first-order valence-corrected chi connectivity index (χ1v) is 9.77. The quantitative estimate of drug-likeness (QED) is 0.600. The molecule has 0 aromatic heterocycles. The fourth-order valence-corrected chi connectivity index (χ4v) is 3.75. The summed E-state index contributed by atoms with van der Waals surface area (Å²) in [6.45, 7) is 7.36. The molecule has 0 bridgehead atoms. The summed E-state index contributed by atoms with van der Waals surface area (Å²) in [4.78, 5) is 15.4. The molecule has 1 aliphatic heterocycles. The Bertz CT molecular complexity index is 768. The molecule has 3 rings (SSSR count). The number of esters is 1. The molecule has 4 nitrogen and oxygen atoms in total. The first kappa shape index (κ1) is 19.6. The second-order valence-corrected chi connectivity index (χ2v) is 7.43. The van der Waals surface area contributed by atoms with Crippen molar-refractivity contribution in [2.75, 3.05) is 26.2 Å². The largest absolute Gasteiger partial charge is 0.463 e. The monoisotopic (exact) mass is 367 g/mol. The molecule has 144 valence electrons. The van der Waals surface area contributed by atoms with Crippen molar-refractivity contribution >= 4 is 5.97 Å². The number of likely N-dealkylation sites (tertiary alicyclic amines) is 1. The topological polar surface area (TPSA) is 49.8 Å². The third-order valence-electron chi connectivity index (χ3n) is 5.32. The van der Waals surface area contributed by atoms with Crippen LogP contribution in [0, 0.1) is 13.8 Å². The van der Waals surface area contributed by atoms with Gasteiger partial charge < -0.3 is 14.7 Å². The zero-order valence-corrected chi connectivity index (χ0v) is 16.3. The van der Waals surface area contributed by atoms with Gasteiger partial charge in [0.25, 0.3) is 0 Å². The highest BCUT2D eigenvalue weighted by molar-refractivity contribution is 5.86. The molecular formula is C23H29NO3. The minimum Gasteiger partial charge on any atom is -0.463 e. The molecular weight excluding hydrogens is 338 g/mol. The molecule has 2 aromatic carbocycles. The predicted molar refractivity (Wildman–Crippen MR) is 107 cm³/mol. The van der Waals surface area contributed by atoms with Gasteiger partial charge in [0.05, 0.1) is 6.61 Å². The SMILES string of the molecule is Cc1ccc(C)c(C(O)(C(=O)OCCCN2CCCC2)c2ccccc2)c1. The lowest BCUT2D eigenvalue weighted by molar-refractivity contribution is -0.162. The van der Waals surface area contributed by atoms with Crippen LogP contribution < -0.4 is 0 Å². The van der Waals surface area contributed by atoms with Gasteiger partial charge in [-0.15, -0.1) is 0 Å². The van der Waals surface area contributed by atoms with E-state index in [-0.39, 0.29) is 0 Å². The smallest absolute Gasteiger partial charge is 0.347 e. The molecule has 1 atom stereocenters. The molecule has 1 aliphatic rings. The molecule has 1 heterocycles. The molecule has 1 fully saturated rings. The third kappa shape index (κ3) is 4.40. The molecule has 0 saturated carbocycles. The van der Waals surface area contributed by atoms with Gasteiger partial charge in [0.1, 0.15) is 0 Å². The van der Waals surface area contributed by atoms with E-state index in [1.165, 1.54) is 12.8 Å². The number of benzene rings is 2. The summed E-state index contributed by atoms with van der Waals surface area (Å²) in [6, 6.07) is 14.8. The van der Waals surface area contributed by atoms with Crippen LogP contribution in [-0.2, 0) is 15.1 Å². The van der Waals surface area contributed by atoms with E-state index in [1.807, 2.05) is 50.2 Å². The summed E-state index contributed by atoms with van der Waals surface area (Å²) in [7, 11) is 0. The number of ether oxygens (including phenoxy) is 1. The Morgan fingerprint density at radius 1 is 1.11 bits per heavy atom. The average Bonchev–Trinajstić information content (AvgIpc) is 3.20. The lowest BCUT2D eigenvalue weighted by Gasteiger charge is -2.29. The van der Waals surface area contributed by atoms with Gasteiger partial charge in [-0.1, -0.05) is 54.1 Å². The van der Waals surface area contributed by atoms with Crippen LogP contribution in [0.4, 0.5) is 0 Å². The van der Waals surface area contributed by atoms with Crippen LogP contribution in [0.5, 0.6) is 0 Å². The van der Waals surface area contributed by atoms with E-state index >= 15 is 0 Å². The van der Waals surface area contributed by atoms with E-state index < -0.39 is 11.6 Å². The number of carbonyl (C=O) groups is 1. The van der Waals surface area contributed by atoms with Gasteiger partial charge in [-0.3, -0.25) is 0 Å². The normalized spacial score (nSPS) is 16.9. The second kappa shape index (κ2) is 8.68. The maximum absolute atomic E-state index is 13.0. The van der Waals surface area contributed by atoms with Crippen LogP contribution in [0.2, 0.25) is 0 Å². The second-order valence-electron chi connectivity index (χ2n) is 7.43. The Labute approximate surface area is 161 Å². The van der Waals surface area contributed by atoms with Crippen molar-refractivity contribution in [3.8, 4) is 0 Å². The van der Waals surface area contributed by atoms with E-state index in [1.54, 1.807) is 12.1 Å². The van der Waals surface area contributed by atoms with Gasteiger partial charge in [-0.25, -0.2) is 4.79 Å². The zero-order chi connectivity index (χ0) is 19.3. The molecule has 4 heteroatoms. The summed E-state index contributed by atoms with van der Waals surface area (Å²) in [5.74, 6) is -0.608. The Kier molecular flexibility index (Phi) is 6.30. The Hall–Kier alpha value is -2.17. The number of rotatable bonds is 7.